The molecule has 0 bridgehead atoms. The standard InChI is InChI=1S/C17H27N5O2S/c1-13(2)16-7-17(19-12-18-16)20-8-14-10-22(11-15(14)9-20)25(23,24)21-5-3-4-6-21/h7,12-15H,3-6,8-11H2,1-2H3. The Morgan fingerprint density at radius 3 is 2.24 bits per heavy atom. The molecule has 0 amide bonds. The van der Waals surface area contributed by atoms with Gasteiger partial charge in [-0.05, 0) is 30.6 Å². The number of nitrogens with zero attached hydrogens (tertiary/aromatic N) is 5. The Bertz CT molecular complexity index is 718. The van der Waals surface area contributed by atoms with Crippen LogP contribution < -0.4 is 4.90 Å². The molecule has 1 aromatic rings. The number of fused-ring (bicyclic) bond motifs is 1. The summed E-state index contributed by atoms with van der Waals surface area (Å²) in [6, 6.07) is 2.07. The molecule has 7 nitrogen and oxygen atoms in total. The number of hydrogen-bond donors (Lipinski definition) is 0. The average molecular weight is 366 g/mol. The maximum absolute atomic E-state index is 12.8. The smallest absolute Gasteiger partial charge is 0.281 e. The van der Waals surface area contributed by atoms with Crippen LogP contribution in [0.15, 0.2) is 12.4 Å². The zero-order valence-corrected chi connectivity index (χ0v) is 15.8. The molecule has 0 aromatic carbocycles. The van der Waals surface area contributed by atoms with Gasteiger partial charge in [0, 0.05) is 51.0 Å². The topological polar surface area (TPSA) is 69.6 Å². The zero-order valence-electron chi connectivity index (χ0n) is 15.0. The minimum Gasteiger partial charge on any atom is -0.356 e. The highest BCUT2D eigenvalue weighted by atomic mass is 32.2. The third-order valence-electron chi connectivity index (χ3n) is 5.76. The summed E-state index contributed by atoms with van der Waals surface area (Å²) in [5, 5.41) is 0. The second kappa shape index (κ2) is 6.48. The molecule has 25 heavy (non-hydrogen) atoms. The van der Waals surface area contributed by atoms with Crippen molar-refractivity contribution < 1.29 is 8.42 Å². The quantitative estimate of drug-likeness (QED) is 0.805. The largest absolute Gasteiger partial charge is 0.356 e. The number of rotatable bonds is 4. The lowest BCUT2D eigenvalue weighted by Crippen LogP contribution is -2.42. The molecular weight excluding hydrogens is 338 g/mol. The van der Waals surface area contributed by atoms with Gasteiger partial charge < -0.3 is 4.90 Å². The Kier molecular flexibility index (Phi) is 4.45. The first-order valence-electron chi connectivity index (χ1n) is 9.27. The van der Waals surface area contributed by atoms with E-state index in [-0.39, 0.29) is 0 Å². The molecule has 1 aromatic heterocycles. The molecule has 0 aliphatic carbocycles. The molecule has 3 aliphatic rings. The predicted octanol–water partition coefficient (Wildman–Crippen LogP) is 1.31. The van der Waals surface area contributed by atoms with E-state index in [4.69, 9.17) is 0 Å². The molecule has 138 valence electrons. The molecule has 3 saturated heterocycles. The van der Waals surface area contributed by atoms with Crippen molar-refractivity contribution in [1.82, 2.24) is 18.6 Å². The molecule has 2 unspecified atom stereocenters. The van der Waals surface area contributed by atoms with Gasteiger partial charge in [0.2, 0.25) is 0 Å². The minimum atomic E-state index is -3.26. The van der Waals surface area contributed by atoms with Crippen LogP contribution >= 0.6 is 0 Å². The zero-order chi connectivity index (χ0) is 17.6. The average Bonchev–Trinajstić information content (AvgIpc) is 3.30. The lowest BCUT2D eigenvalue weighted by atomic mass is 10.0. The lowest BCUT2D eigenvalue weighted by Gasteiger charge is -2.26. The summed E-state index contributed by atoms with van der Waals surface area (Å²) in [6.45, 7) is 8.66. The fourth-order valence-electron chi connectivity index (χ4n) is 4.26. The molecule has 3 fully saturated rings. The van der Waals surface area contributed by atoms with Crippen LogP contribution in [0.2, 0.25) is 0 Å². The lowest BCUT2D eigenvalue weighted by molar-refractivity contribution is 0.385. The highest BCUT2D eigenvalue weighted by molar-refractivity contribution is 7.86. The van der Waals surface area contributed by atoms with Crippen molar-refractivity contribution >= 4 is 16.0 Å². The fourth-order valence-corrected chi connectivity index (χ4v) is 6.06. The molecule has 2 atom stereocenters. The summed E-state index contributed by atoms with van der Waals surface area (Å²) in [5.41, 5.74) is 1.06. The SMILES string of the molecule is CC(C)c1cc(N2CC3CN(S(=O)(=O)N4CCCC4)CC3C2)ncn1. The number of hydrogen-bond acceptors (Lipinski definition) is 5. The van der Waals surface area contributed by atoms with Crippen molar-refractivity contribution in [2.24, 2.45) is 11.8 Å². The molecule has 0 saturated carbocycles. The van der Waals surface area contributed by atoms with Crippen molar-refractivity contribution in [2.45, 2.75) is 32.6 Å². The normalized spacial score (nSPS) is 28.2. The van der Waals surface area contributed by atoms with Gasteiger partial charge >= 0.3 is 0 Å². The summed E-state index contributed by atoms with van der Waals surface area (Å²) in [4.78, 5) is 11.1. The molecule has 4 heterocycles. The summed E-state index contributed by atoms with van der Waals surface area (Å²) in [6.07, 6.45) is 3.61. The summed E-state index contributed by atoms with van der Waals surface area (Å²) in [7, 11) is -3.26. The summed E-state index contributed by atoms with van der Waals surface area (Å²) < 4.78 is 28.9. The predicted molar refractivity (Wildman–Crippen MR) is 96.6 cm³/mol. The highest BCUT2D eigenvalue weighted by Crippen LogP contribution is 2.35. The van der Waals surface area contributed by atoms with Crippen molar-refractivity contribution in [1.29, 1.82) is 0 Å². The van der Waals surface area contributed by atoms with Crippen LogP contribution in [-0.2, 0) is 10.2 Å². The van der Waals surface area contributed by atoms with Crippen LogP contribution in [0.4, 0.5) is 5.82 Å². The van der Waals surface area contributed by atoms with Crippen molar-refractivity contribution in [2.75, 3.05) is 44.2 Å². The van der Waals surface area contributed by atoms with E-state index >= 15 is 0 Å². The minimum absolute atomic E-state index is 0.380. The third-order valence-corrected chi connectivity index (χ3v) is 7.73. The third kappa shape index (κ3) is 3.15. The van der Waals surface area contributed by atoms with Gasteiger partial charge in [-0.3, -0.25) is 0 Å². The Morgan fingerprint density at radius 2 is 1.64 bits per heavy atom. The maximum atomic E-state index is 12.8. The second-order valence-corrected chi connectivity index (χ2v) is 9.74. The first kappa shape index (κ1) is 17.2. The summed E-state index contributed by atoms with van der Waals surface area (Å²) in [5.74, 6) is 2.15. The molecule has 0 radical (unpaired) electrons. The number of anilines is 1. The van der Waals surface area contributed by atoms with Gasteiger partial charge in [0.05, 0.1) is 0 Å². The molecular formula is C17H27N5O2S. The fraction of sp³-hybridized carbons (Fsp3) is 0.765. The van der Waals surface area contributed by atoms with Crippen LogP contribution in [0, 0.1) is 11.8 Å². The Morgan fingerprint density at radius 1 is 1.00 bits per heavy atom. The van der Waals surface area contributed by atoms with Gasteiger partial charge in [-0.25, -0.2) is 9.97 Å². The molecule has 0 spiro atoms. The highest BCUT2D eigenvalue weighted by Gasteiger charge is 2.46. The van der Waals surface area contributed by atoms with E-state index in [1.165, 1.54) is 0 Å². The van der Waals surface area contributed by atoms with E-state index in [2.05, 4.69) is 34.8 Å². The van der Waals surface area contributed by atoms with Gasteiger partial charge in [-0.15, -0.1) is 0 Å². The van der Waals surface area contributed by atoms with Crippen molar-refractivity contribution in [3.8, 4) is 0 Å². The molecule has 4 rings (SSSR count). The van der Waals surface area contributed by atoms with Crippen molar-refractivity contribution in [3.63, 3.8) is 0 Å². The molecule has 0 N–H and O–H groups in total. The van der Waals surface area contributed by atoms with Crippen LogP contribution in [-0.4, -0.2) is 66.3 Å². The molecule has 8 heteroatoms. The first-order chi connectivity index (χ1) is 11.9. The van der Waals surface area contributed by atoms with Gasteiger partial charge in [0.25, 0.3) is 10.2 Å². The Balaban J connectivity index is 1.43. The van der Waals surface area contributed by atoms with Crippen LogP contribution in [0.25, 0.3) is 0 Å². The number of aromatic nitrogens is 2. The van der Waals surface area contributed by atoms with Gasteiger partial charge in [-0.2, -0.15) is 17.0 Å². The van der Waals surface area contributed by atoms with E-state index in [1.807, 2.05) is 0 Å². The van der Waals surface area contributed by atoms with E-state index in [0.29, 0.717) is 43.9 Å². The van der Waals surface area contributed by atoms with Crippen LogP contribution in [0.1, 0.15) is 38.3 Å². The van der Waals surface area contributed by atoms with E-state index in [9.17, 15) is 8.42 Å². The van der Waals surface area contributed by atoms with Crippen LogP contribution in [0.3, 0.4) is 0 Å². The van der Waals surface area contributed by atoms with Gasteiger partial charge in [0.1, 0.15) is 12.1 Å². The molecule has 3 aliphatic heterocycles. The van der Waals surface area contributed by atoms with E-state index < -0.39 is 10.2 Å². The second-order valence-electron chi connectivity index (χ2n) is 7.81. The van der Waals surface area contributed by atoms with Gasteiger partial charge in [-0.1, -0.05) is 13.8 Å². The monoisotopic (exact) mass is 365 g/mol. The van der Waals surface area contributed by atoms with Crippen LogP contribution in [0.5, 0.6) is 0 Å². The summed E-state index contributed by atoms with van der Waals surface area (Å²) >= 11 is 0. The Labute approximate surface area is 150 Å². The van der Waals surface area contributed by atoms with E-state index in [0.717, 1.165) is 37.4 Å². The van der Waals surface area contributed by atoms with E-state index in [1.54, 1.807) is 14.9 Å². The Hall–Kier alpha value is -1.25. The van der Waals surface area contributed by atoms with Gasteiger partial charge in [0.15, 0.2) is 0 Å². The van der Waals surface area contributed by atoms with Crippen molar-refractivity contribution in [3.05, 3.63) is 18.1 Å². The first-order valence-corrected chi connectivity index (χ1v) is 10.7. The maximum Gasteiger partial charge on any atom is 0.281 e.